The van der Waals surface area contributed by atoms with Gasteiger partial charge in [0.2, 0.25) is 0 Å². The first-order valence-corrected chi connectivity index (χ1v) is 4.11. The van der Waals surface area contributed by atoms with Crippen molar-refractivity contribution in [3.05, 3.63) is 0 Å². The lowest BCUT2D eigenvalue weighted by Crippen LogP contribution is -1.70. The molecule has 0 amide bonds. The second-order valence-corrected chi connectivity index (χ2v) is 2.28. The van der Waals surface area contributed by atoms with Crippen molar-refractivity contribution in [2.24, 2.45) is 0 Å². The molecule has 0 rings (SSSR count). The van der Waals surface area contributed by atoms with Crippen LogP contribution in [0.15, 0.2) is 0 Å². The molecule has 0 aliphatic carbocycles. The molecule has 0 fully saturated rings. The van der Waals surface area contributed by atoms with Gasteiger partial charge in [0.25, 0.3) is 0 Å². The van der Waals surface area contributed by atoms with Crippen LogP contribution in [0.4, 0.5) is 0 Å². The van der Waals surface area contributed by atoms with Crippen LogP contribution in [0.25, 0.3) is 0 Å². The van der Waals surface area contributed by atoms with Gasteiger partial charge in [-0.1, -0.05) is 46.0 Å². The largest absolute Gasteiger partial charge is 0.181 e. The van der Waals surface area contributed by atoms with Crippen LogP contribution in [0.1, 0.15) is 46.0 Å². The molecule has 0 saturated heterocycles. The Morgan fingerprint density at radius 1 is 0.818 bits per heavy atom. The first-order chi connectivity index (χ1) is 5.33. The monoisotopic (exact) mass is 152 g/mol. The van der Waals surface area contributed by atoms with Crippen molar-refractivity contribution in [3.63, 3.8) is 0 Å². The predicted octanol–water partition coefficient (Wildman–Crippen LogP) is 3.01. The van der Waals surface area contributed by atoms with Crippen molar-refractivity contribution >= 4 is 0 Å². The number of nitriles is 2. The van der Waals surface area contributed by atoms with E-state index in [1.807, 2.05) is 0 Å². The fourth-order valence-corrected chi connectivity index (χ4v) is 0.677. The van der Waals surface area contributed by atoms with Crippen LogP contribution in [0, 0.1) is 22.7 Å². The number of hydrogen-bond donors (Lipinski definition) is 0. The highest BCUT2D eigenvalue weighted by atomic mass is 14.3. The summed E-state index contributed by atoms with van der Waals surface area (Å²) in [6, 6.07) is 2.47. The normalized spacial score (nSPS) is 6.91. The summed E-state index contributed by atoms with van der Waals surface area (Å²) in [6.07, 6.45) is 7.01. The van der Waals surface area contributed by atoms with Gasteiger partial charge in [-0.25, -0.2) is 0 Å². The maximum Gasteiger partial charge on any atom is 0.181 e. The number of rotatable bonds is 4. The molecule has 0 aromatic heterocycles. The van der Waals surface area contributed by atoms with E-state index < -0.39 is 0 Å². The van der Waals surface area contributed by atoms with E-state index in [-0.39, 0.29) is 0 Å². The first kappa shape index (κ1) is 12.6. The molecule has 0 aliphatic rings. The van der Waals surface area contributed by atoms with Crippen molar-refractivity contribution in [1.29, 1.82) is 10.5 Å². The van der Waals surface area contributed by atoms with Crippen molar-refractivity contribution in [3.8, 4) is 12.1 Å². The minimum atomic E-state index is 1.24. The Labute approximate surface area is 69.4 Å². The minimum absolute atomic E-state index is 1.24. The van der Waals surface area contributed by atoms with Crippen molar-refractivity contribution in [2.45, 2.75) is 46.0 Å². The molecule has 0 bridgehead atoms. The molecule has 0 unspecified atom stereocenters. The third kappa shape index (κ3) is 27.6. The summed E-state index contributed by atoms with van der Waals surface area (Å²) in [6.45, 7) is 4.49. The van der Waals surface area contributed by atoms with Gasteiger partial charge in [-0.05, 0) is 0 Å². The van der Waals surface area contributed by atoms with Crippen LogP contribution in [-0.2, 0) is 0 Å². The Bertz CT molecular complexity index is 111. The smallest absolute Gasteiger partial charge is 0.181 e. The van der Waals surface area contributed by atoms with E-state index >= 15 is 0 Å². The zero-order chi connectivity index (χ0) is 8.95. The fourth-order valence-electron chi connectivity index (χ4n) is 0.677. The molecule has 0 aromatic carbocycles. The highest BCUT2D eigenvalue weighted by Gasteiger charge is 1.80. The Kier molecular flexibility index (Phi) is 18.4. The van der Waals surface area contributed by atoms with Gasteiger partial charge >= 0.3 is 0 Å². The summed E-state index contributed by atoms with van der Waals surface area (Å²) < 4.78 is 0. The third-order valence-electron chi connectivity index (χ3n) is 1.26. The van der Waals surface area contributed by atoms with Crippen LogP contribution < -0.4 is 0 Å². The van der Waals surface area contributed by atoms with Crippen LogP contribution in [0.5, 0.6) is 0 Å². The van der Waals surface area contributed by atoms with E-state index in [0.29, 0.717) is 0 Å². The van der Waals surface area contributed by atoms with Crippen molar-refractivity contribution in [2.75, 3.05) is 0 Å². The molecule has 62 valence electrons. The highest BCUT2D eigenvalue weighted by Crippen LogP contribution is 2.00. The molecular formula is C9H16N2. The van der Waals surface area contributed by atoms with Gasteiger partial charge < -0.3 is 0 Å². The molecule has 0 saturated carbocycles. The van der Waals surface area contributed by atoms with Gasteiger partial charge in [0, 0.05) is 0 Å². The van der Waals surface area contributed by atoms with Gasteiger partial charge in [-0.3, -0.25) is 0 Å². The van der Waals surface area contributed by atoms with Crippen LogP contribution in [0.3, 0.4) is 0 Å². The second-order valence-electron chi connectivity index (χ2n) is 2.28. The Morgan fingerprint density at radius 2 is 1.18 bits per heavy atom. The maximum absolute atomic E-state index is 7.26. The Hall–Kier alpha value is -1.02. The zero-order valence-electron chi connectivity index (χ0n) is 7.43. The van der Waals surface area contributed by atoms with E-state index in [4.69, 9.17) is 10.5 Å². The van der Waals surface area contributed by atoms with E-state index in [1.54, 1.807) is 0 Å². The summed E-state index contributed by atoms with van der Waals surface area (Å²) in [5.74, 6) is 0. The molecule has 2 nitrogen and oxygen atoms in total. The Morgan fingerprint density at radius 3 is 1.36 bits per heavy atom. The van der Waals surface area contributed by atoms with Gasteiger partial charge in [-0.15, -0.1) is 0 Å². The third-order valence-corrected chi connectivity index (χ3v) is 1.26. The van der Waals surface area contributed by atoms with Crippen molar-refractivity contribution < 1.29 is 0 Å². The second kappa shape index (κ2) is 16.0. The molecule has 0 aliphatic heterocycles. The average Bonchev–Trinajstić information content (AvgIpc) is 2.06. The molecule has 0 radical (unpaired) electrons. The van der Waals surface area contributed by atoms with E-state index in [0.717, 1.165) is 0 Å². The number of nitrogens with zero attached hydrogens (tertiary/aromatic N) is 2. The molecule has 11 heavy (non-hydrogen) atoms. The zero-order valence-corrected chi connectivity index (χ0v) is 7.43. The predicted molar refractivity (Wildman–Crippen MR) is 45.7 cm³/mol. The summed E-state index contributed by atoms with van der Waals surface area (Å²) in [5.41, 5.74) is 0. The lowest BCUT2D eigenvalue weighted by molar-refractivity contribution is 0.656. The SMILES string of the molecule is CCCCCCC.N#CC#N. The van der Waals surface area contributed by atoms with E-state index in [1.165, 1.54) is 44.2 Å². The average molecular weight is 152 g/mol. The molecule has 0 heterocycles. The quantitative estimate of drug-likeness (QED) is 0.581. The number of hydrogen-bond acceptors (Lipinski definition) is 2. The summed E-state index contributed by atoms with van der Waals surface area (Å²) in [7, 11) is 0. The van der Waals surface area contributed by atoms with Gasteiger partial charge in [-0.2, -0.15) is 10.5 Å². The van der Waals surface area contributed by atoms with E-state index in [2.05, 4.69) is 13.8 Å². The van der Waals surface area contributed by atoms with Crippen LogP contribution in [0.2, 0.25) is 0 Å². The molecule has 2 heteroatoms. The lowest BCUT2D eigenvalue weighted by Gasteiger charge is -1.90. The molecule has 0 atom stereocenters. The molecule has 0 aromatic rings. The fraction of sp³-hybridized carbons (Fsp3) is 0.778. The highest BCUT2D eigenvalue weighted by molar-refractivity contribution is 4.99. The van der Waals surface area contributed by atoms with Gasteiger partial charge in [0.1, 0.15) is 0 Å². The first-order valence-electron chi connectivity index (χ1n) is 4.11. The van der Waals surface area contributed by atoms with Crippen molar-refractivity contribution in [1.82, 2.24) is 0 Å². The lowest BCUT2D eigenvalue weighted by atomic mass is 10.2. The maximum atomic E-state index is 7.26. The van der Waals surface area contributed by atoms with Gasteiger partial charge in [0.05, 0.1) is 0 Å². The van der Waals surface area contributed by atoms with Crippen LogP contribution in [-0.4, -0.2) is 0 Å². The molecule has 0 N–H and O–H groups in total. The summed E-state index contributed by atoms with van der Waals surface area (Å²) in [4.78, 5) is 0. The minimum Gasteiger partial charge on any atom is -0.181 e. The molecular weight excluding hydrogens is 136 g/mol. The number of unbranched alkanes of at least 4 members (excludes halogenated alkanes) is 4. The van der Waals surface area contributed by atoms with E-state index in [9.17, 15) is 0 Å². The summed E-state index contributed by atoms with van der Waals surface area (Å²) >= 11 is 0. The van der Waals surface area contributed by atoms with Crippen LogP contribution >= 0.6 is 0 Å². The summed E-state index contributed by atoms with van der Waals surface area (Å²) in [5, 5.41) is 14.5. The standard InChI is InChI=1S/C7H16.C2N2/c1-3-5-7-6-4-2;3-1-2-4/h3-7H2,1-2H3;. The molecule has 0 spiro atoms. The Balaban J connectivity index is 0. The topological polar surface area (TPSA) is 47.6 Å². The van der Waals surface area contributed by atoms with Gasteiger partial charge in [0.15, 0.2) is 12.1 Å².